The number of hydrogen-bond donors (Lipinski definition) is 1. The molecule has 0 atom stereocenters. The largest absolute Gasteiger partial charge is 0.380 e. The van der Waals surface area contributed by atoms with Crippen molar-refractivity contribution < 1.29 is 0 Å². The molecule has 92 valence electrons. The molecule has 18 heavy (non-hydrogen) atoms. The summed E-state index contributed by atoms with van der Waals surface area (Å²) in [5.74, 6) is 0. The van der Waals surface area contributed by atoms with E-state index in [1.807, 2.05) is 49.8 Å². The van der Waals surface area contributed by atoms with Crippen LogP contribution in [-0.4, -0.2) is 9.78 Å². The molecule has 0 amide bonds. The number of aromatic nitrogens is 2. The fraction of sp³-hybridized carbons (Fsp3) is 0.286. The van der Waals surface area contributed by atoms with Crippen molar-refractivity contribution in [2.75, 3.05) is 5.32 Å². The predicted molar refractivity (Wildman–Crippen MR) is 71.2 cm³/mol. The van der Waals surface area contributed by atoms with E-state index in [-0.39, 0.29) is 0 Å². The predicted octanol–water partition coefficient (Wildman–Crippen LogP) is 2.52. The average Bonchev–Trinajstić information content (AvgIpc) is 2.62. The Morgan fingerprint density at radius 3 is 2.67 bits per heavy atom. The van der Waals surface area contributed by atoms with Gasteiger partial charge in [0.1, 0.15) is 6.07 Å². The summed E-state index contributed by atoms with van der Waals surface area (Å²) in [6.45, 7) is 4.73. The van der Waals surface area contributed by atoms with Crippen LogP contribution >= 0.6 is 0 Å². The van der Waals surface area contributed by atoms with Crippen molar-refractivity contribution in [2.24, 2.45) is 7.05 Å². The Labute approximate surface area is 107 Å². The molecule has 4 heteroatoms. The third-order valence-electron chi connectivity index (χ3n) is 3.16. The number of nitriles is 1. The van der Waals surface area contributed by atoms with Gasteiger partial charge in [-0.15, -0.1) is 0 Å². The van der Waals surface area contributed by atoms with E-state index >= 15 is 0 Å². The van der Waals surface area contributed by atoms with Crippen molar-refractivity contribution in [3.8, 4) is 6.07 Å². The van der Waals surface area contributed by atoms with Crippen LogP contribution in [0, 0.1) is 25.2 Å². The summed E-state index contributed by atoms with van der Waals surface area (Å²) < 4.78 is 1.88. The first kappa shape index (κ1) is 12.2. The van der Waals surface area contributed by atoms with Crippen LogP contribution in [0.1, 0.15) is 22.5 Å². The highest BCUT2D eigenvalue weighted by molar-refractivity contribution is 5.57. The summed E-state index contributed by atoms with van der Waals surface area (Å²) in [5, 5.41) is 16.7. The van der Waals surface area contributed by atoms with Gasteiger partial charge in [0.05, 0.1) is 16.9 Å². The van der Waals surface area contributed by atoms with E-state index in [9.17, 15) is 0 Å². The third kappa shape index (κ3) is 2.21. The minimum atomic E-state index is 0.664. The van der Waals surface area contributed by atoms with Crippen molar-refractivity contribution >= 4 is 5.69 Å². The highest BCUT2D eigenvalue weighted by Gasteiger charge is 2.09. The smallest absolute Gasteiger partial charge is 0.101 e. The van der Waals surface area contributed by atoms with Gasteiger partial charge >= 0.3 is 0 Å². The van der Waals surface area contributed by atoms with Gasteiger partial charge in [0.15, 0.2) is 0 Å². The lowest BCUT2D eigenvalue weighted by Crippen LogP contribution is -2.03. The van der Waals surface area contributed by atoms with Crippen LogP contribution in [-0.2, 0) is 13.6 Å². The van der Waals surface area contributed by atoms with Gasteiger partial charge in [0.2, 0.25) is 0 Å². The zero-order valence-corrected chi connectivity index (χ0v) is 10.9. The molecule has 1 aromatic carbocycles. The van der Waals surface area contributed by atoms with Gasteiger partial charge in [-0.2, -0.15) is 10.4 Å². The molecule has 0 bridgehead atoms. The summed E-state index contributed by atoms with van der Waals surface area (Å²) in [4.78, 5) is 0. The maximum atomic E-state index is 9.02. The molecule has 0 saturated heterocycles. The quantitative estimate of drug-likeness (QED) is 0.896. The molecule has 1 aromatic heterocycles. The van der Waals surface area contributed by atoms with E-state index in [4.69, 9.17) is 5.26 Å². The molecule has 0 spiro atoms. The van der Waals surface area contributed by atoms with Crippen LogP contribution in [0.2, 0.25) is 0 Å². The number of hydrogen-bond acceptors (Lipinski definition) is 3. The second-order valence-corrected chi connectivity index (χ2v) is 4.28. The van der Waals surface area contributed by atoms with E-state index in [0.717, 1.165) is 17.1 Å². The van der Waals surface area contributed by atoms with Gasteiger partial charge in [-0.1, -0.05) is 12.1 Å². The maximum absolute atomic E-state index is 9.02. The molecular weight excluding hydrogens is 224 g/mol. The Bertz CT molecular complexity index is 605. The Kier molecular flexibility index (Phi) is 3.33. The average molecular weight is 240 g/mol. The van der Waals surface area contributed by atoms with E-state index in [1.54, 1.807) is 0 Å². The van der Waals surface area contributed by atoms with E-state index in [0.29, 0.717) is 12.1 Å². The molecule has 2 rings (SSSR count). The highest BCUT2D eigenvalue weighted by Crippen LogP contribution is 2.17. The highest BCUT2D eigenvalue weighted by atomic mass is 15.3. The minimum Gasteiger partial charge on any atom is -0.380 e. The summed E-state index contributed by atoms with van der Waals surface area (Å²) >= 11 is 0. The molecule has 1 heterocycles. The number of benzene rings is 1. The van der Waals surface area contributed by atoms with Crippen molar-refractivity contribution in [1.82, 2.24) is 9.78 Å². The molecule has 0 radical (unpaired) electrons. The fourth-order valence-corrected chi connectivity index (χ4v) is 1.99. The molecule has 0 fully saturated rings. The van der Waals surface area contributed by atoms with Crippen LogP contribution in [0.15, 0.2) is 24.3 Å². The summed E-state index contributed by atoms with van der Waals surface area (Å²) in [7, 11) is 1.94. The van der Waals surface area contributed by atoms with Gasteiger partial charge < -0.3 is 5.32 Å². The summed E-state index contributed by atoms with van der Waals surface area (Å²) in [5.41, 5.74) is 4.89. The molecule has 4 nitrogen and oxygen atoms in total. The zero-order valence-electron chi connectivity index (χ0n) is 10.9. The normalized spacial score (nSPS) is 10.1. The lowest BCUT2D eigenvalue weighted by molar-refractivity contribution is 0.730. The van der Waals surface area contributed by atoms with Crippen LogP contribution in [0.5, 0.6) is 0 Å². The molecular formula is C14H16N4. The lowest BCUT2D eigenvalue weighted by Gasteiger charge is -2.08. The molecule has 0 aliphatic rings. The van der Waals surface area contributed by atoms with Gasteiger partial charge in [-0.3, -0.25) is 4.68 Å². The fourth-order valence-electron chi connectivity index (χ4n) is 1.99. The SMILES string of the molecule is Cc1nn(C)c(C)c1CNc1ccccc1C#N. The number of nitrogens with zero attached hydrogens (tertiary/aromatic N) is 3. The van der Waals surface area contributed by atoms with Crippen LogP contribution in [0.4, 0.5) is 5.69 Å². The van der Waals surface area contributed by atoms with E-state index < -0.39 is 0 Å². The minimum absolute atomic E-state index is 0.664. The van der Waals surface area contributed by atoms with Crippen LogP contribution < -0.4 is 5.32 Å². The first-order chi connectivity index (χ1) is 8.63. The van der Waals surface area contributed by atoms with Crippen molar-refractivity contribution in [3.05, 3.63) is 46.8 Å². The van der Waals surface area contributed by atoms with E-state index in [2.05, 4.69) is 16.5 Å². The van der Waals surface area contributed by atoms with Crippen molar-refractivity contribution in [3.63, 3.8) is 0 Å². The number of para-hydroxylation sites is 1. The van der Waals surface area contributed by atoms with Gasteiger partial charge in [-0.05, 0) is 26.0 Å². The number of aryl methyl sites for hydroxylation is 2. The molecule has 2 aromatic rings. The zero-order chi connectivity index (χ0) is 13.1. The topological polar surface area (TPSA) is 53.6 Å². The second kappa shape index (κ2) is 4.92. The van der Waals surface area contributed by atoms with Crippen molar-refractivity contribution in [2.45, 2.75) is 20.4 Å². The summed E-state index contributed by atoms with van der Waals surface area (Å²) in [6, 6.07) is 9.70. The third-order valence-corrected chi connectivity index (χ3v) is 3.16. The number of anilines is 1. The number of rotatable bonds is 3. The Morgan fingerprint density at radius 2 is 2.06 bits per heavy atom. The van der Waals surface area contributed by atoms with Crippen LogP contribution in [0.3, 0.4) is 0 Å². The van der Waals surface area contributed by atoms with Gasteiger partial charge in [0.25, 0.3) is 0 Å². The molecule has 0 aliphatic heterocycles. The summed E-state index contributed by atoms with van der Waals surface area (Å²) in [6.07, 6.45) is 0. The number of nitrogens with one attached hydrogen (secondary N) is 1. The first-order valence-corrected chi connectivity index (χ1v) is 5.85. The maximum Gasteiger partial charge on any atom is 0.101 e. The standard InChI is InChI=1S/C14H16N4/c1-10-13(11(2)18(3)17-10)9-16-14-7-5-4-6-12(14)8-15/h4-7,16H,9H2,1-3H3. The van der Waals surface area contributed by atoms with Gasteiger partial charge in [-0.25, -0.2) is 0 Å². The molecule has 0 unspecified atom stereocenters. The van der Waals surface area contributed by atoms with E-state index in [1.165, 1.54) is 5.56 Å². The molecule has 1 N–H and O–H groups in total. The Balaban J connectivity index is 2.20. The Morgan fingerprint density at radius 1 is 1.33 bits per heavy atom. The molecule has 0 aliphatic carbocycles. The Hall–Kier alpha value is -2.28. The molecule has 0 saturated carbocycles. The monoisotopic (exact) mass is 240 g/mol. The first-order valence-electron chi connectivity index (χ1n) is 5.85. The lowest BCUT2D eigenvalue weighted by atomic mass is 10.1. The van der Waals surface area contributed by atoms with Crippen LogP contribution in [0.25, 0.3) is 0 Å². The second-order valence-electron chi connectivity index (χ2n) is 4.28. The van der Waals surface area contributed by atoms with Crippen molar-refractivity contribution in [1.29, 1.82) is 5.26 Å². The van der Waals surface area contributed by atoms with Gasteiger partial charge in [0, 0.05) is 24.8 Å².